The van der Waals surface area contributed by atoms with Gasteiger partial charge in [-0.25, -0.2) is 8.42 Å². The average Bonchev–Trinajstić information content (AvgIpc) is 2.60. The monoisotopic (exact) mass is 390 g/mol. The standard InChI is InChI=1S/C20H26N2O4S/c1-14-10-11-17(12-18(14)22(4)27(5,24)25)20(23)21-16(3)13-26-19-9-7-6-8-15(19)2/h6-12,16H,13H2,1-5H3,(H,21,23)/t16-/m0/s1. The van der Waals surface area contributed by atoms with Crippen molar-refractivity contribution in [1.82, 2.24) is 5.32 Å². The number of hydrogen-bond acceptors (Lipinski definition) is 4. The van der Waals surface area contributed by atoms with E-state index in [1.807, 2.05) is 38.1 Å². The van der Waals surface area contributed by atoms with Crippen molar-refractivity contribution in [2.75, 3.05) is 24.2 Å². The van der Waals surface area contributed by atoms with Crippen LogP contribution in [0, 0.1) is 13.8 Å². The summed E-state index contributed by atoms with van der Waals surface area (Å²) in [4.78, 5) is 12.5. The average molecular weight is 391 g/mol. The molecular formula is C20H26N2O4S. The molecule has 0 bridgehead atoms. The van der Waals surface area contributed by atoms with Gasteiger partial charge < -0.3 is 10.1 Å². The van der Waals surface area contributed by atoms with Gasteiger partial charge in [-0.05, 0) is 50.1 Å². The molecule has 2 aromatic carbocycles. The van der Waals surface area contributed by atoms with Crippen LogP contribution in [0.15, 0.2) is 42.5 Å². The van der Waals surface area contributed by atoms with E-state index in [4.69, 9.17) is 4.74 Å². The van der Waals surface area contributed by atoms with Crippen LogP contribution in [0.4, 0.5) is 5.69 Å². The maximum Gasteiger partial charge on any atom is 0.251 e. The Bertz CT molecular complexity index is 925. The third-order valence-electron chi connectivity index (χ3n) is 4.27. The number of aryl methyl sites for hydroxylation is 2. The SMILES string of the molecule is Cc1ccccc1OC[C@H](C)NC(=O)c1ccc(C)c(N(C)S(C)(=O)=O)c1. The molecule has 1 amide bonds. The Hall–Kier alpha value is -2.54. The van der Waals surface area contributed by atoms with E-state index in [1.165, 1.54) is 11.4 Å². The number of ether oxygens (including phenoxy) is 1. The van der Waals surface area contributed by atoms with Crippen LogP contribution in [-0.2, 0) is 10.0 Å². The minimum atomic E-state index is -3.41. The molecule has 7 heteroatoms. The number of amides is 1. The van der Waals surface area contributed by atoms with Crippen molar-refractivity contribution in [1.29, 1.82) is 0 Å². The van der Waals surface area contributed by atoms with Crippen LogP contribution in [0.2, 0.25) is 0 Å². The predicted molar refractivity (Wildman–Crippen MR) is 108 cm³/mol. The van der Waals surface area contributed by atoms with Crippen LogP contribution in [0.3, 0.4) is 0 Å². The van der Waals surface area contributed by atoms with Crippen molar-refractivity contribution in [2.24, 2.45) is 0 Å². The van der Waals surface area contributed by atoms with Gasteiger partial charge in [-0.2, -0.15) is 0 Å². The maximum atomic E-state index is 12.5. The van der Waals surface area contributed by atoms with Crippen LogP contribution >= 0.6 is 0 Å². The smallest absolute Gasteiger partial charge is 0.251 e. The lowest BCUT2D eigenvalue weighted by Crippen LogP contribution is -2.37. The zero-order valence-electron chi connectivity index (χ0n) is 16.3. The van der Waals surface area contributed by atoms with Crippen molar-refractivity contribution in [3.8, 4) is 5.75 Å². The Morgan fingerprint density at radius 1 is 1.15 bits per heavy atom. The highest BCUT2D eigenvalue weighted by molar-refractivity contribution is 7.92. The van der Waals surface area contributed by atoms with Crippen LogP contribution in [0.5, 0.6) is 5.75 Å². The number of para-hydroxylation sites is 1. The summed E-state index contributed by atoms with van der Waals surface area (Å²) in [5.41, 5.74) is 2.68. The Balaban J connectivity index is 2.06. The molecule has 27 heavy (non-hydrogen) atoms. The molecular weight excluding hydrogens is 364 g/mol. The molecule has 2 aromatic rings. The van der Waals surface area contributed by atoms with Crippen LogP contribution in [0.1, 0.15) is 28.4 Å². The van der Waals surface area contributed by atoms with Crippen molar-refractivity contribution < 1.29 is 17.9 Å². The quantitative estimate of drug-likeness (QED) is 0.789. The Morgan fingerprint density at radius 3 is 2.44 bits per heavy atom. The highest BCUT2D eigenvalue weighted by atomic mass is 32.2. The second kappa shape index (κ2) is 8.43. The molecule has 0 heterocycles. The second-order valence-corrected chi connectivity index (χ2v) is 8.70. The topological polar surface area (TPSA) is 75.7 Å². The molecule has 0 aliphatic carbocycles. The van der Waals surface area contributed by atoms with E-state index < -0.39 is 10.0 Å². The molecule has 0 aromatic heterocycles. The van der Waals surface area contributed by atoms with Gasteiger partial charge in [-0.3, -0.25) is 9.10 Å². The molecule has 0 saturated carbocycles. The lowest BCUT2D eigenvalue weighted by Gasteiger charge is -2.20. The fraction of sp³-hybridized carbons (Fsp3) is 0.350. The molecule has 0 radical (unpaired) electrons. The van der Waals surface area contributed by atoms with Crippen LogP contribution in [0.25, 0.3) is 0 Å². The van der Waals surface area contributed by atoms with Crippen LogP contribution < -0.4 is 14.4 Å². The Kier molecular flexibility index (Phi) is 6.49. The van der Waals surface area contributed by atoms with Crippen molar-refractivity contribution >= 4 is 21.6 Å². The first kappa shape index (κ1) is 20.8. The number of carbonyl (C=O) groups excluding carboxylic acids is 1. The van der Waals surface area contributed by atoms with Gasteiger partial charge in [-0.1, -0.05) is 24.3 Å². The molecule has 2 rings (SSSR count). The summed E-state index contributed by atoms with van der Waals surface area (Å²) in [5, 5.41) is 2.88. The second-order valence-electron chi connectivity index (χ2n) is 6.68. The minimum Gasteiger partial charge on any atom is -0.491 e. The molecule has 0 aliphatic rings. The van der Waals surface area contributed by atoms with E-state index in [9.17, 15) is 13.2 Å². The van der Waals surface area contributed by atoms with Gasteiger partial charge in [-0.15, -0.1) is 0 Å². The van der Waals surface area contributed by atoms with Gasteiger partial charge in [0.25, 0.3) is 5.91 Å². The van der Waals surface area contributed by atoms with Gasteiger partial charge >= 0.3 is 0 Å². The van der Waals surface area contributed by atoms with E-state index in [0.717, 1.165) is 23.1 Å². The summed E-state index contributed by atoms with van der Waals surface area (Å²) < 4.78 is 30.5. The van der Waals surface area contributed by atoms with Gasteiger partial charge in [0.2, 0.25) is 10.0 Å². The van der Waals surface area contributed by atoms with E-state index >= 15 is 0 Å². The largest absolute Gasteiger partial charge is 0.491 e. The van der Waals surface area contributed by atoms with Crippen molar-refractivity contribution in [2.45, 2.75) is 26.8 Å². The molecule has 0 spiro atoms. The maximum absolute atomic E-state index is 12.5. The summed E-state index contributed by atoms with van der Waals surface area (Å²) in [6.45, 7) is 5.95. The first-order valence-corrected chi connectivity index (χ1v) is 10.5. The third-order valence-corrected chi connectivity index (χ3v) is 5.46. The number of hydrogen-bond donors (Lipinski definition) is 1. The number of carbonyl (C=O) groups is 1. The zero-order valence-corrected chi connectivity index (χ0v) is 17.1. The highest BCUT2D eigenvalue weighted by Gasteiger charge is 2.17. The molecule has 0 unspecified atom stereocenters. The number of anilines is 1. The van der Waals surface area contributed by atoms with Gasteiger partial charge in [0.1, 0.15) is 12.4 Å². The minimum absolute atomic E-state index is 0.213. The van der Waals surface area contributed by atoms with Crippen LogP contribution in [-0.4, -0.2) is 40.3 Å². The summed E-state index contributed by atoms with van der Waals surface area (Å²) in [6, 6.07) is 12.5. The van der Waals surface area contributed by atoms with Gasteiger partial charge in [0, 0.05) is 12.6 Å². The lowest BCUT2D eigenvalue weighted by atomic mass is 10.1. The van der Waals surface area contributed by atoms with E-state index in [0.29, 0.717) is 17.9 Å². The Morgan fingerprint density at radius 2 is 1.81 bits per heavy atom. The molecule has 0 fully saturated rings. The first-order valence-electron chi connectivity index (χ1n) is 8.63. The predicted octanol–water partition coefficient (Wildman–Crippen LogP) is 2.90. The number of sulfonamides is 1. The lowest BCUT2D eigenvalue weighted by molar-refractivity contribution is 0.0926. The third kappa shape index (κ3) is 5.47. The number of rotatable bonds is 7. The van der Waals surface area contributed by atoms with Gasteiger partial charge in [0.15, 0.2) is 0 Å². The normalized spacial score (nSPS) is 12.3. The fourth-order valence-corrected chi connectivity index (χ4v) is 3.10. The number of nitrogens with zero attached hydrogens (tertiary/aromatic N) is 1. The van der Waals surface area contributed by atoms with Gasteiger partial charge in [0.05, 0.1) is 18.0 Å². The molecule has 1 atom stereocenters. The molecule has 0 saturated heterocycles. The number of nitrogens with one attached hydrogen (secondary N) is 1. The first-order chi connectivity index (χ1) is 12.6. The summed E-state index contributed by atoms with van der Waals surface area (Å²) in [7, 11) is -1.94. The Labute approximate surface area is 161 Å². The zero-order chi connectivity index (χ0) is 20.2. The summed E-state index contributed by atoms with van der Waals surface area (Å²) >= 11 is 0. The summed E-state index contributed by atoms with van der Waals surface area (Å²) in [6.07, 6.45) is 1.13. The van der Waals surface area contributed by atoms with E-state index in [1.54, 1.807) is 25.1 Å². The molecule has 1 N–H and O–H groups in total. The van der Waals surface area contributed by atoms with E-state index in [2.05, 4.69) is 5.32 Å². The summed E-state index contributed by atoms with van der Waals surface area (Å²) in [5.74, 6) is 0.505. The van der Waals surface area contributed by atoms with Crippen molar-refractivity contribution in [3.05, 3.63) is 59.2 Å². The molecule has 6 nitrogen and oxygen atoms in total. The highest BCUT2D eigenvalue weighted by Crippen LogP contribution is 2.23. The molecule has 0 aliphatic heterocycles. The number of benzene rings is 2. The van der Waals surface area contributed by atoms with E-state index in [-0.39, 0.29) is 11.9 Å². The molecule has 146 valence electrons. The fourth-order valence-electron chi connectivity index (χ4n) is 2.55. The van der Waals surface area contributed by atoms with Crippen molar-refractivity contribution in [3.63, 3.8) is 0 Å².